The van der Waals surface area contributed by atoms with Crippen molar-refractivity contribution in [2.45, 2.75) is 39.2 Å². The van der Waals surface area contributed by atoms with Crippen LogP contribution in [0.1, 0.15) is 36.5 Å². The molecule has 0 aliphatic carbocycles. The van der Waals surface area contributed by atoms with E-state index in [0.29, 0.717) is 0 Å². The number of hydrogen-bond acceptors (Lipinski definition) is 4. The number of thiophene rings is 1. The van der Waals surface area contributed by atoms with E-state index in [1.165, 1.54) is 0 Å². The molecule has 0 saturated carbocycles. The van der Waals surface area contributed by atoms with E-state index in [1.807, 2.05) is 16.7 Å². The molecule has 0 atom stereocenters. The summed E-state index contributed by atoms with van der Waals surface area (Å²) >= 11 is 5.13. The van der Waals surface area contributed by atoms with Crippen molar-refractivity contribution >= 4 is 37.5 Å². The summed E-state index contributed by atoms with van der Waals surface area (Å²) in [6, 6.07) is 8.46. The van der Waals surface area contributed by atoms with Crippen molar-refractivity contribution in [1.82, 2.24) is 14.5 Å². The molecule has 6 heteroatoms. The second-order valence-electron chi connectivity index (χ2n) is 7.31. The van der Waals surface area contributed by atoms with Crippen LogP contribution in [0.2, 0.25) is 0 Å². The topological polar surface area (TPSA) is 38.1 Å². The Hall–Kier alpha value is -1.50. The van der Waals surface area contributed by atoms with Gasteiger partial charge >= 0.3 is 0 Å². The van der Waals surface area contributed by atoms with Crippen LogP contribution in [0.4, 0.5) is 0 Å². The standard InChI is InChI=1S/C21H24BrN3OS/c1-4-17-23-20-19(21(26)25(17)16-9-11-24(3)12-10-16)18(13(2)27-20)14-5-7-15(22)8-6-14/h5-8,16H,4,9-12H2,1-3H3. The van der Waals surface area contributed by atoms with Crippen LogP contribution in [0.25, 0.3) is 21.3 Å². The Kier molecular flexibility index (Phi) is 5.23. The van der Waals surface area contributed by atoms with Crippen molar-refractivity contribution in [3.05, 3.63) is 49.8 Å². The van der Waals surface area contributed by atoms with Gasteiger partial charge in [-0.25, -0.2) is 4.98 Å². The molecule has 1 aliphatic rings. The number of piperidine rings is 1. The summed E-state index contributed by atoms with van der Waals surface area (Å²) in [5, 5.41) is 0.788. The molecule has 1 aliphatic heterocycles. The highest BCUT2D eigenvalue weighted by molar-refractivity contribution is 9.10. The van der Waals surface area contributed by atoms with Gasteiger partial charge in [0.25, 0.3) is 5.56 Å². The molecule has 142 valence electrons. The molecule has 3 heterocycles. The summed E-state index contributed by atoms with van der Waals surface area (Å²) < 4.78 is 3.04. The lowest BCUT2D eigenvalue weighted by molar-refractivity contribution is 0.216. The maximum absolute atomic E-state index is 13.7. The molecule has 0 unspecified atom stereocenters. The van der Waals surface area contributed by atoms with Gasteiger partial charge < -0.3 is 4.90 Å². The number of hydrogen-bond donors (Lipinski definition) is 0. The Morgan fingerprint density at radius 2 is 1.89 bits per heavy atom. The molecule has 0 bridgehead atoms. The zero-order valence-electron chi connectivity index (χ0n) is 16.0. The fraction of sp³-hybridized carbons (Fsp3) is 0.429. The monoisotopic (exact) mass is 445 g/mol. The molecule has 4 nitrogen and oxygen atoms in total. The Morgan fingerprint density at radius 3 is 2.52 bits per heavy atom. The van der Waals surface area contributed by atoms with Crippen molar-refractivity contribution in [3.63, 3.8) is 0 Å². The molecule has 4 rings (SSSR count). The molecular formula is C21H24BrN3OS. The third-order valence-corrected chi connectivity index (χ3v) is 7.04. The number of fused-ring (bicyclic) bond motifs is 1. The Labute approximate surface area is 172 Å². The molecule has 1 aromatic carbocycles. The number of aryl methyl sites for hydroxylation is 2. The van der Waals surface area contributed by atoms with Gasteiger partial charge in [0.1, 0.15) is 10.7 Å². The lowest BCUT2D eigenvalue weighted by Gasteiger charge is -2.31. The zero-order valence-corrected chi connectivity index (χ0v) is 18.4. The molecular weight excluding hydrogens is 422 g/mol. The number of likely N-dealkylation sites (tertiary alicyclic amines) is 1. The third-order valence-electron chi connectivity index (χ3n) is 5.51. The number of nitrogens with zero attached hydrogens (tertiary/aromatic N) is 3. The molecule has 0 amide bonds. The number of rotatable bonds is 3. The van der Waals surface area contributed by atoms with Crippen LogP contribution in [-0.2, 0) is 6.42 Å². The smallest absolute Gasteiger partial charge is 0.263 e. The first kappa shape index (κ1) is 18.8. The van der Waals surface area contributed by atoms with E-state index < -0.39 is 0 Å². The summed E-state index contributed by atoms with van der Waals surface area (Å²) in [6.45, 7) is 6.24. The summed E-state index contributed by atoms with van der Waals surface area (Å²) in [5.41, 5.74) is 2.26. The molecule has 0 radical (unpaired) electrons. The fourth-order valence-corrected chi connectivity index (χ4v) is 5.38. The Balaban J connectivity index is 1.94. The van der Waals surface area contributed by atoms with Crippen molar-refractivity contribution in [2.24, 2.45) is 0 Å². The third kappa shape index (κ3) is 3.39. The van der Waals surface area contributed by atoms with Crippen LogP contribution < -0.4 is 5.56 Å². The quantitative estimate of drug-likeness (QED) is 0.567. The summed E-state index contributed by atoms with van der Waals surface area (Å²) in [7, 11) is 2.15. The molecule has 1 saturated heterocycles. The molecule has 0 spiro atoms. The van der Waals surface area contributed by atoms with E-state index in [0.717, 1.165) is 68.9 Å². The minimum Gasteiger partial charge on any atom is -0.306 e. The summed E-state index contributed by atoms with van der Waals surface area (Å²) in [6.07, 6.45) is 2.79. The van der Waals surface area contributed by atoms with Crippen molar-refractivity contribution in [1.29, 1.82) is 0 Å². The molecule has 0 N–H and O–H groups in total. The van der Waals surface area contributed by atoms with E-state index in [1.54, 1.807) is 11.3 Å². The zero-order chi connectivity index (χ0) is 19.1. The highest BCUT2D eigenvalue weighted by Crippen LogP contribution is 2.37. The molecule has 1 fully saturated rings. The second-order valence-corrected chi connectivity index (χ2v) is 9.43. The van der Waals surface area contributed by atoms with Gasteiger partial charge in [-0.05, 0) is 57.6 Å². The van der Waals surface area contributed by atoms with Crippen molar-refractivity contribution in [3.8, 4) is 11.1 Å². The van der Waals surface area contributed by atoms with Gasteiger partial charge in [0, 0.05) is 27.4 Å². The second kappa shape index (κ2) is 7.49. The van der Waals surface area contributed by atoms with Crippen LogP contribution in [0.5, 0.6) is 0 Å². The molecule has 3 aromatic rings. The molecule has 2 aromatic heterocycles. The van der Waals surface area contributed by atoms with E-state index >= 15 is 0 Å². The van der Waals surface area contributed by atoms with Crippen molar-refractivity contribution < 1.29 is 0 Å². The maximum atomic E-state index is 13.7. The van der Waals surface area contributed by atoms with Crippen LogP contribution in [0, 0.1) is 6.92 Å². The SMILES string of the molecule is CCc1nc2sc(C)c(-c3ccc(Br)cc3)c2c(=O)n1C1CCN(C)CC1. The normalized spacial score (nSPS) is 16.3. The Morgan fingerprint density at radius 1 is 1.22 bits per heavy atom. The van der Waals surface area contributed by atoms with Crippen LogP contribution >= 0.6 is 27.3 Å². The van der Waals surface area contributed by atoms with Gasteiger partial charge in [-0.15, -0.1) is 11.3 Å². The maximum Gasteiger partial charge on any atom is 0.263 e. The predicted octanol–water partition coefficient (Wildman–Crippen LogP) is 5.03. The van der Waals surface area contributed by atoms with E-state index in [9.17, 15) is 4.79 Å². The highest BCUT2D eigenvalue weighted by atomic mass is 79.9. The number of halogens is 1. The van der Waals surface area contributed by atoms with Crippen LogP contribution in [0.15, 0.2) is 33.5 Å². The largest absolute Gasteiger partial charge is 0.306 e. The van der Waals surface area contributed by atoms with E-state index in [4.69, 9.17) is 4.98 Å². The highest BCUT2D eigenvalue weighted by Gasteiger charge is 2.25. The summed E-state index contributed by atoms with van der Waals surface area (Å²) in [4.78, 5) is 23.0. The van der Waals surface area contributed by atoms with Crippen molar-refractivity contribution in [2.75, 3.05) is 20.1 Å². The van der Waals surface area contributed by atoms with Crippen LogP contribution in [-0.4, -0.2) is 34.6 Å². The number of benzene rings is 1. The van der Waals surface area contributed by atoms with Crippen LogP contribution in [0.3, 0.4) is 0 Å². The minimum absolute atomic E-state index is 0.133. The lowest BCUT2D eigenvalue weighted by atomic mass is 10.0. The minimum atomic E-state index is 0.133. The average Bonchev–Trinajstić information content (AvgIpc) is 2.99. The van der Waals surface area contributed by atoms with Gasteiger partial charge in [-0.3, -0.25) is 9.36 Å². The van der Waals surface area contributed by atoms with E-state index in [-0.39, 0.29) is 11.6 Å². The van der Waals surface area contributed by atoms with Gasteiger partial charge in [0.2, 0.25) is 0 Å². The van der Waals surface area contributed by atoms with Gasteiger partial charge in [0.05, 0.1) is 5.39 Å². The number of aromatic nitrogens is 2. The average molecular weight is 446 g/mol. The fourth-order valence-electron chi connectivity index (χ4n) is 4.06. The first-order chi connectivity index (χ1) is 13.0. The molecule has 27 heavy (non-hydrogen) atoms. The summed E-state index contributed by atoms with van der Waals surface area (Å²) in [5.74, 6) is 0.922. The van der Waals surface area contributed by atoms with E-state index in [2.05, 4.69) is 53.9 Å². The van der Waals surface area contributed by atoms with Gasteiger partial charge in [0.15, 0.2) is 0 Å². The Bertz CT molecular complexity index is 1030. The lowest BCUT2D eigenvalue weighted by Crippen LogP contribution is -2.37. The first-order valence-electron chi connectivity index (χ1n) is 9.48. The predicted molar refractivity (Wildman–Crippen MR) is 117 cm³/mol. The van der Waals surface area contributed by atoms with Gasteiger partial charge in [-0.1, -0.05) is 35.0 Å². The van der Waals surface area contributed by atoms with Gasteiger partial charge in [-0.2, -0.15) is 0 Å². The first-order valence-corrected chi connectivity index (χ1v) is 11.1.